The van der Waals surface area contributed by atoms with Gasteiger partial charge < -0.3 is 20.7 Å². The number of carbonyl (C=O) groups is 2. The number of pyridine rings is 1. The second-order valence-electron chi connectivity index (χ2n) is 8.52. The van der Waals surface area contributed by atoms with Crippen LogP contribution in [-0.4, -0.2) is 45.5 Å². The van der Waals surface area contributed by atoms with Gasteiger partial charge in [-0.2, -0.15) is 5.10 Å². The highest BCUT2D eigenvalue weighted by Gasteiger charge is 2.33. The Morgan fingerprint density at radius 1 is 1.30 bits per heavy atom. The highest BCUT2D eigenvalue weighted by Crippen LogP contribution is 2.33. The van der Waals surface area contributed by atoms with Crippen molar-refractivity contribution in [2.75, 3.05) is 11.9 Å². The number of unbranched alkanes of at least 4 members (excludes halogenated alkanes) is 1. The summed E-state index contributed by atoms with van der Waals surface area (Å²) in [6.07, 6.45) is 8.20. The molecule has 2 aromatic rings. The summed E-state index contributed by atoms with van der Waals surface area (Å²) in [7, 11) is 0. The molecule has 4 rings (SSSR count). The van der Waals surface area contributed by atoms with Crippen molar-refractivity contribution < 1.29 is 18.7 Å². The molecule has 178 valence electrons. The molecule has 2 atom stereocenters. The third-order valence-electron chi connectivity index (χ3n) is 6.24. The van der Waals surface area contributed by atoms with Crippen LogP contribution in [0.5, 0.6) is 0 Å². The van der Waals surface area contributed by atoms with Gasteiger partial charge in [-0.3, -0.25) is 9.48 Å². The third kappa shape index (κ3) is 4.94. The Kier molecular flexibility index (Phi) is 7.10. The van der Waals surface area contributed by atoms with Crippen molar-refractivity contribution in [3.8, 4) is 11.3 Å². The molecule has 0 spiro atoms. The first kappa shape index (κ1) is 23.0. The number of carbonyl (C=O) groups excluding carboxylic acids is 2. The van der Waals surface area contributed by atoms with Gasteiger partial charge in [0, 0.05) is 36.5 Å². The summed E-state index contributed by atoms with van der Waals surface area (Å²) in [5.74, 6) is -0.790. The number of hydrogen-bond acceptors (Lipinski definition) is 6. The molecule has 2 aromatic heterocycles. The maximum absolute atomic E-state index is 15.4. The molecule has 2 amide bonds. The van der Waals surface area contributed by atoms with Gasteiger partial charge in [0.1, 0.15) is 0 Å². The minimum atomic E-state index is -0.537. The summed E-state index contributed by atoms with van der Waals surface area (Å²) in [5.41, 5.74) is 1.62. The lowest BCUT2D eigenvalue weighted by atomic mass is 9.90. The topological polar surface area (TPSA) is 110 Å². The van der Waals surface area contributed by atoms with E-state index in [1.807, 2.05) is 13.8 Å². The number of aryl methyl sites for hydroxylation is 1. The lowest BCUT2D eigenvalue weighted by Gasteiger charge is -2.33. The van der Waals surface area contributed by atoms with Crippen molar-refractivity contribution in [2.24, 2.45) is 0 Å². The zero-order valence-corrected chi connectivity index (χ0v) is 19.1. The zero-order valence-electron chi connectivity index (χ0n) is 19.1. The van der Waals surface area contributed by atoms with Gasteiger partial charge in [-0.25, -0.2) is 14.2 Å². The van der Waals surface area contributed by atoms with Gasteiger partial charge in [0.05, 0.1) is 30.1 Å². The molecule has 0 aromatic carbocycles. The maximum atomic E-state index is 15.4. The molecule has 1 aliphatic heterocycles. The fraction of sp³-hybridized carbons (Fsp3) is 0.565. The van der Waals surface area contributed by atoms with Crippen molar-refractivity contribution in [2.45, 2.75) is 77.5 Å². The highest BCUT2D eigenvalue weighted by atomic mass is 19.1. The van der Waals surface area contributed by atoms with Crippen LogP contribution in [-0.2, 0) is 17.8 Å². The Hall–Kier alpha value is -3.17. The number of alkyl carbamates (subject to hydrolysis) is 1. The van der Waals surface area contributed by atoms with Crippen molar-refractivity contribution >= 4 is 17.8 Å². The molecule has 1 aliphatic carbocycles. The first-order valence-electron chi connectivity index (χ1n) is 11.7. The molecule has 1 fully saturated rings. The first-order valence-corrected chi connectivity index (χ1v) is 11.7. The van der Waals surface area contributed by atoms with E-state index in [0.717, 1.165) is 38.5 Å². The van der Waals surface area contributed by atoms with Gasteiger partial charge in [0.15, 0.2) is 11.6 Å². The molecular weight excluding hydrogens is 427 g/mol. The Morgan fingerprint density at radius 3 is 2.82 bits per heavy atom. The third-order valence-corrected chi connectivity index (χ3v) is 6.24. The molecule has 3 heterocycles. The summed E-state index contributed by atoms with van der Waals surface area (Å²) in [4.78, 5) is 29.2. The van der Waals surface area contributed by atoms with Crippen LogP contribution >= 0.6 is 0 Å². The van der Waals surface area contributed by atoms with Gasteiger partial charge in [-0.1, -0.05) is 26.2 Å². The fourth-order valence-corrected chi connectivity index (χ4v) is 4.40. The van der Waals surface area contributed by atoms with Crippen LogP contribution in [0.15, 0.2) is 12.4 Å². The van der Waals surface area contributed by atoms with E-state index in [0.29, 0.717) is 30.0 Å². The predicted molar refractivity (Wildman–Crippen MR) is 121 cm³/mol. The van der Waals surface area contributed by atoms with Crippen LogP contribution < -0.4 is 16.0 Å². The van der Waals surface area contributed by atoms with Crippen LogP contribution in [0, 0.1) is 5.82 Å². The quantitative estimate of drug-likeness (QED) is 0.522. The average Bonchev–Trinajstić information content (AvgIpc) is 3.44. The molecular formula is C23H31FN6O3. The molecule has 9 nitrogen and oxygen atoms in total. The summed E-state index contributed by atoms with van der Waals surface area (Å²) in [6.45, 7) is 5.16. The number of amides is 2. The van der Waals surface area contributed by atoms with Gasteiger partial charge in [-0.05, 0) is 26.2 Å². The number of ether oxygens (including phenoxy) is 1. The van der Waals surface area contributed by atoms with Crippen molar-refractivity contribution in [1.82, 2.24) is 25.4 Å². The number of aromatic nitrogens is 3. The Balaban J connectivity index is 1.59. The Labute approximate surface area is 192 Å². The van der Waals surface area contributed by atoms with E-state index in [2.05, 4.69) is 26.0 Å². The van der Waals surface area contributed by atoms with E-state index in [4.69, 9.17) is 4.74 Å². The van der Waals surface area contributed by atoms with E-state index in [1.165, 1.54) is 0 Å². The number of nitrogens with zero attached hydrogens (tertiary/aromatic N) is 3. The molecule has 1 saturated carbocycles. The van der Waals surface area contributed by atoms with Crippen LogP contribution in [0.25, 0.3) is 11.3 Å². The van der Waals surface area contributed by atoms with E-state index in [-0.39, 0.29) is 35.9 Å². The highest BCUT2D eigenvalue weighted by molar-refractivity contribution is 6.04. The van der Waals surface area contributed by atoms with Gasteiger partial charge >= 0.3 is 6.09 Å². The molecule has 10 heteroatoms. The smallest absolute Gasteiger partial charge is 0.407 e. The summed E-state index contributed by atoms with van der Waals surface area (Å²) in [5, 5.41) is 13.1. The first-order chi connectivity index (χ1) is 16.0. The second-order valence-corrected chi connectivity index (χ2v) is 8.52. The summed E-state index contributed by atoms with van der Waals surface area (Å²) >= 11 is 0. The summed E-state index contributed by atoms with van der Waals surface area (Å²) < 4.78 is 22.4. The maximum Gasteiger partial charge on any atom is 0.407 e. The second kappa shape index (κ2) is 10.2. The molecule has 3 N–H and O–H groups in total. The zero-order chi connectivity index (χ0) is 23.4. The lowest BCUT2D eigenvalue weighted by molar-refractivity contribution is 0.0966. The van der Waals surface area contributed by atoms with E-state index < -0.39 is 11.9 Å². The Bertz CT molecular complexity index is 1020. The number of nitrogens with one attached hydrogen (secondary N) is 3. The molecule has 2 aliphatic rings. The van der Waals surface area contributed by atoms with Crippen molar-refractivity contribution in [1.29, 1.82) is 0 Å². The minimum Gasteiger partial charge on any atom is -0.450 e. The van der Waals surface area contributed by atoms with Crippen LogP contribution in [0.2, 0.25) is 0 Å². The molecule has 0 bridgehead atoms. The number of fused-ring (bicyclic) bond motifs is 1. The summed E-state index contributed by atoms with van der Waals surface area (Å²) in [6, 6.07) is -0.401. The van der Waals surface area contributed by atoms with Crippen LogP contribution in [0.1, 0.15) is 68.3 Å². The molecule has 0 unspecified atom stereocenters. The predicted octanol–water partition coefficient (Wildman–Crippen LogP) is 3.60. The standard InChI is InChI=1S/C23H31FN6O3/c1-3-5-10-33-23(32)28-17-9-7-6-8-16(17)27-21-19(24)15-12-25-22(31)18(15)20(29-21)14-11-26-30(4-2)13-14/h11,13,16-17H,3-10,12H2,1-2H3,(H,25,31)(H,27,29)(H,28,32)/t16-,17+/m1/s1. The number of anilines is 1. The minimum absolute atomic E-state index is 0.0857. The van der Waals surface area contributed by atoms with Gasteiger partial charge in [0.25, 0.3) is 5.91 Å². The normalized spacial score (nSPS) is 19.7. The fourth-order valence-electron chi connectivity index (χ4n) is 4.40. The largest absolute Gasteiger partial charge is 0.450 e. The average molecular weight is 459 g/mol. The number of hydrogen-bond donors (Lipinski definition) is 3. The van der Waals surface area contributed by atoms with Gasteiger partial charge in [-0.15, -0.1) is 0 Å². The van der Waals surface area contributed by atoms with E-state index in [1.54, 1.807) is 17.1 Å². The van der Waals surface area contributed by atoms with Gasteiger partial charge in [0.2, 0.25) is 0 Å². The van der Waals surface area contributed by atoms with E-state index >= 15 is 4.39 Å². The Morgan fingerprint density at radius 2 is 2.09 bits per heavy atom. The van der Waals surface area contributed by atoms with Crippen LogP contribution in [0.3, 0.4) is 0 Å². The number of rotatable bonds is 8. The SMILES string of the molecule is CCCCOC(=O)N[C@H]1CCCC[C@H]1Nc1nc(-c2cnn(CC)c2)c2c(c1F)CNC2=O. The van der Waals surface area contributed by atoms with Crippen molar-refractivity contribution in [3.05, 3.63) is 29.3 Å². The van der Waals surface area contributed by atoms with Crippen LogP contribution in [0.4, 0.5) is 15.0 Å². The molecule has 0 radical (unpaired) electrons. The molecule has 33 heavy (non-hydrogen) atoms. The number of halogens is 1. The monoisotopic (exact) mass is 458 g/mol. The van der Waals surface area contributed by atoms with E-state index in [9.17, 15) is 9.59 Å². The van der Waals surface area contributed by atoms with Crippen molar-refractivity contribution in [3.63, 3.8) is 0 Å². The molecule has 0 saturated heterocycles. The lowest BCUT2D eigenvalue weighted by Crippen LogP contribution is -2.49.